The molecule has 0 bridgehead atoms. The molecule has 0 aliphatic carbocycles. The van der Waals surface area contributed by atoms with Crippen molar-refractivity contribution in [3.05, 3.63) is 0 Å². The van der Waals surface area contributed by atoms with Gasteiger partial charge in [-0.2, -0.15) is 0 Å². The number of esters is 3. The van der Waals surface area contributed by atoms with Crippen molar-refractivity contribution in [1.29, 1.82) is 0 Å². The molecule has 2 N–H and O–H groups in total. The summed E-state index contributed by atoms with van der Waals surface area (Å²) in [4.78, 5) is 48.8. The van der Waals surface area contributed by atoms with E-state index in [1.54, 1.807) is 34.6 Å². The van der Waals surface area contributed by atoms with E-state index < -0.39 is 39.0 Å². The zero-order valence-electron chi connectivity index (χ0n) is 21.7. The molecule has 0 aromatic carbocycles. The molecule has 210 valence electrons. The molecule has 0 heterocycles. The monoisotopic (exact) mass is 614 g/mol. The number of hydrogen-bond donors (Lipinski definition) is 2. The minimum atomic E-state index is -3.64. The number of hydrogen-bond acceptors (Lipinski definition) is 10. The lowest BCUT2D eigenvalue weighted by Crippen LogP contribution is -2.21. The molecule has 0 fully saturated rings. The molecule has 15 heteroatoms. The third kappa shape index (κ3) is 27.6. The minimum absolute atomic E-state index is 0.0232. The summed E-state index contributed by atoms with van der Waals surface area (Å²) in [7, 11) is -6.97. The van der Waals surface area contributed by atoms with Gasteiger partial charge in [0.1, 0.15) is 0 Å². The molecule has 0 aromatic rings. The van der Waals surface area contributed by atoms with E-state index in [1.807, 2.05) is 6.92 Å². The van der Waals surface area contributed by atoms with Gasteiger partial charge in [0.05, 0.1) is 50.8 Å². The largest absolute Gasteiger partial charge is 0.466 e. The first-order chi connectivity index (χ1) is 15.9. The van der Waals surface area contributed by atoms with Crippen LogP contribution in [-0.2, 0) is 46.8 Å². The zero-order valence-corrected chi connectivity index (χ0v) is 25.1. The third-order valence-corrected chi connectivity index (χ3v) is 5.62. The fourth-order valence-electron chi connectivity index (χ4n) is 1.58. The summed E-state index contributed by atoms with van der Waals surface area (Å²) in [6, 6.07) is 0. The molecule has 0 aliphatic rings. The standard InChI is InChI=1S/C13H25O7P.C6H11BrO2.CH5O3P/c1-6-17-12(14)10(3)8-19-21(5,16)20-9-11(4)13(15)18-7-2;1-3-9-6(8)5(2)4-7;1-5(2,3)4/h10-11H,6-9H2,1-5H3;5H,3-4H2,1-2H3;1H3,(H2,2,3,4). The van der Waals surface area contributed by atoms with Crippen LogP contribution in [0.5, 0.6) is 0 Å². The molecule has 0 saturated carbocycles. The maximum atomic E-state index is 12.0. The molecular weight excluding hydrogens is 574 g/mol. The van der Waals surface area contributed by atoms with Gasteiger partial charge in [-0.3, -0.25) is 23.5 Å². The normalized spacial score (nSPS) is 14.9. The van der Waals surface area contributed by atoms with Crippen LogP contribution in [0.4, 0.5) is 0 Å². The van der Waals surface area contributed by atoms with Crippen LogP contribution in [0, 0.1) is 17.8 Å². The van der Waals surface area contributed by atoms with Gasteiger partial charge in [-0.1, -0.05) is 22.9 Å². The van der Waals surface area contributed by atoms with Crippen molar-refractivity contribution in [2.45, 2.75) is 41.5 Å². The first kappa shape index (κ1) is 38.7. The second-order valence-electron chi connectivity index (χ2n) is 7.31. The Morgan fingerprint density at radius 1 is 0.714 bits per heavy atom. The molecule has 0 aliphatic heterocycles. The molecule has 12 nitrogen and oxygen atoms in total. The van der Waals surface area contributed by atoms with E-state index in [1.165, 1.54) is 6.66 Å². The fourth-order valence-corrected chi connectivity index (χ4v) is 2.91. The van der Waals surface area contributed by atoms with Crippen molar-refractivity contribution in [2.75, 3.05) is 51.7 Å². The van der Waals surface area contributed by atoms with Crippen molar-refractivity contribution in [2.24, 2.45) is 17.8 Å². The summed E-state index contributed by atoms with van der Waals surface area (Å²) >= 11 is 3.18. The molecule has 0 spiro atoms. The average Bonchev–Trinajstić information content (AvgIpc) is 2.75. The summed E-state index contributed by atoms with van der Waals surface area (Å²) in [6.07, 6.45) is 0. The highest BCUT2D eigenvalue weighted by atomic mass is 79.9. The number of carbonyl (C=O) groups excluding carboxylic acids is 3. The summed E-state index contributed by atoms with van der Waals surface area (Å²) in [5.41, 5.74) is 0. The molecule has 0 radical (unpaired) electrons. The Bertz CT molecular complexity index is 657. The topological polar surface area (TPSA) is 172 Å². The predicted octanol–water partition coefficient (Wildman–Crippen LogP) is 3.62. The molecular formula is C20H41BrO12P2. The Labute approximate surface area is 216 Å². The van der Waals surface area contributed by atoms with Crippen molar-refractivity contribution >= 4 is 49.0 Å². The molecule has 35 heavy (non-hydrogen) atoms. The summed E-state index contributed by atoms with van der Waals surface area (Å²) in [6.45, 7) is 13.3. The highest BCUT2D eigenvalue weighted by Crippen LogP contribution is 2.44. The van der Waals surface area contributed by atoms with E-state index in [2.05, 4.69) is 15.9 Å². The number of ether oxygens (including phenoxy) is 3. The van der Waals surface area contributed by atoms with Crippen LogP contribution < -0.4 is 0 Å². The van der Waals surface area contributed by atoms with E-state index in [0.29, 0.717) is 11.9 Å². The number of rotatable bonds is 13. The molecule has 0 aromatic heterocycles. The van der Waals surface area contributed by atoms with E-state index in [4.69, 9.17) is 33.0 Å². The van der Waals surface area contributed by atoms with E-state index in [9.17, 15) is 23.5 Å². The van der Waals surface area contributed by atoms with E-state index >= 15 is 0 Å². The van der Waals surface area contributed by atoms with Crippen molar-refractivity contribution in [3.63, 3.8) is 0 Å². The lowest BCUT2D eigenvalue weighted by molar-refractivity contribution is -0.148. The SMILES string of the molecule is CCOC(=O)C(C)CBr.CCOC(=O)C(C)COP(C)(=O)OCC(C)C(=O)OCC.CP(=O)(O)O. The molecule has 0 saturated heterocycles. The first-order valence-corrected chi connectivity index (χ1v) is 16.1. The van der Waals surface area contributed by atoms with Gasteiger partial charge in [0.15, 0.2) is 0 Å². The van der Waals surface area contributed by atoms with Crippen LogP contribution in [0.15, 0.2) is 0 Å². The van der Waals surface area contributed by atoms with Crippen molar-refractivity contribution in [3.8, 4) is 0 Å². The van der Waals surface area contributed by atoms with Gasteiger partial charge in [-0.05, 0) is 34.6 Å². The maximum Gasteiger partial charge on any atom is 0.327 e. The van der Waals surface area contributed by atoms with E-state index in [-0.39, 0.29) is 38.3 Å². The average molecular weight is 615 g/mol. The van der Waals surface area contributed by atoms with Crippen molar-refractivity contribution < 1.29 is 56.6 Å². The number of halogens is 1. The highest BCUT2D eigenvalue weighted by molar-refractivity contribution is 9.09. The summed E-state index contributed by atoms with van der Waals surface area (Å²) in [5.74, 6) is -2.07. The van der Waals surface area contributed by atoms with Crippen LogP contribution in [0.1, 0.15) is 41.5 Å². The van der Waals surface area contributed by atoms with Gasteiger partial charge >= 0.3 is 33.1 Å². The fraction of sp³-hybridized carbons (Fsp3) is 0.850. The quantitative estimate of drug-likeness (QED) is 0.134. The van der Waals surface area contributed by atoms with Gasteiger partial charge in [0.25, 0.3) is 0 Å². The van der Waals surface area contributed by atoms with Crippen LogP contribution in [0.25, 0.3) is 0 Å². The van der Waals surface area contributed by atoms with Crippen LogP contribution in [0.2, 0.25) is 0 Å². The first-order valence-electron chi connectivity index (χ1n) is 10.9. The predicted molar refractivity (Wildman–Crippen MR) is 135 cm³/mol. The lowest BCUT2D eigenvalue weighted by atomic mass is 10.2. The highest BCUT2D eigenvalue weighted by Gasteiger charge is 2.24. The Kier molecular flexibility index (Phi) is 23.6. The minimum Gasteiger partial charge on any atom is -0.466 e. The van der Waals surface area contributed by atoms with Crippen molar-refractivity contribution in [1.82, 2.24) is 0 Å². The number of alkyl halides is 1. The third-order valence-electron chi connectivity index (χ3n) is 3.42. The Morgan fingerprint density at radius 3 is 1.20 bits per heavy atom. The maximum absolute atomic E-state index is 12.0. The van der Waals surface area contributed by atoms with Gasteiger partial charge in [-0.25, -0.2) is 0 Å². The van der Waals surface area contributed by atoms with Gasteiger partial charge in [0.2, 0.25) is 0 Å². The smallest absolute Gasteiger partial charge is 0.327 e. The molecule has 3 unspecified atom stereocenters. The number of carbonyl (C=O) groups is 3. The lowest BCUT2D eigenvalue weighted by Gasteiger charge is -2.18. The van der Waals surface area contributed by atoms with E-state index in [0.717, 1.165) is 6.66 Å². The summed E-state index contributed by atoms with van der Waals surface area (Å²) in [5, 5.41) is 0.672. The van der Waals surface area contributed by atoms with Gasteiger partial charge < -0.3 is 33.0 Å². The Morgan fingerprint density at radius 2 is 0.971 bits per heavy atom. The second kappa shape index (κ2) is 21.3. The van der Waals surface area contributed by atoms with Crippen LogP contribution in [-0.4, -0.2) is 79.4 Å². The van der Waals surface area contributed by atoms with Gasteiger partial charge in [-0.15, -0.1) is 0 Å². The van der Waals surface area contributed by atoms with Gasteiger partial charge in [0, 0.05) is 18.7 Å². The second-order valence-corrected chi connectivity index (χ2v) is 11.7. The van der Waals surface area contributed by atoms with Crippen LogP contribution >= 0.6 is 31.1 Å². The zero-order chi connectivity index (χ0) is 28.2. The molecule has 0 amide bonds. The molecule has 0 rings (SSSR count). The Hall–Kier alpha value is -0.810. The van der Waals surface area contributed by atoms with Crippen LogP contribution in [0.3, 0.4) is 0 Å². The summed E-state index contributed by atoms with van der Waals surface area (Å²) < 4.78 is 46.0. The molecule has 3 atom stereocenters. The Balaban J connectivity index is -0.000000598.